The number of carbonyl (C=O) groups excluding carboxylic acids is 1. The van der Waals surface area contributed by atoms with Gasteiger partial charge in [-0.05, 0) is 31.9 Å². The van der Waals surface area contributed by atoms with Crippen molar-refractivity contribution in [2.75, 3.05) is 42.5 Å². The third-order valence-corrected chi connectivity index (χ3v) is 5.53. The number of nitrogens with one attached hydrogen (secondary N) is 1. The second kappa shape index (κ2) is 10.7. The second-order valence-corrected chi connectivity index (χ2v) is 7.90. The molecule has 0 aromatic carbocycles. The number of aromatic nitrogens is 3. The number of pyridine rings is 1. The van der Waals surface area contributed by atoms with Gasteiger partial charge in [0.2, 0.25) is 5.95 Å². The number of hydrogen-bond donors (Lipinski definition) is 3. The minimum absolute atomic E-state index is 0.000743. The minimum Gasteiger partial charge on any atom is -0.384 e. The van der Waals surface area contributed by atoms with Crippen LogP contribution in [0.15, 0.2) is 18.3 Å². The lowest BCUT2D eigenvalue weighted by molar-refractivity contribution is 0.189. The molecule has 1 unspecified atom stereocenters. The van der Waals surface area contributed by atoms with Crippen molar-refractivity contribution < 1.29 is 4.79 Å². The van der Waals surface area contributed by atoms with Gasteiger partial charge in [0.05, 0.1) is 11.3 Å². The Kier molecular flexibility index (Phi) is 7.71. The van der Waals surface area contributed by atoms with Gasteiger partial charge >= 0.3 is 6.03 Å². The minimum atomic E-state index is -0.000743. The fourth-order valence-corrected chi connectivity index (χ4v) is 3.68. The highest BCUT2D eigenvalue weighted by atomic mass is 16.2. The first-order valence-electron chi connectivity index (χ1n) is 11.1. The molecule has 0 aliphatic carbocycles. The van der Waals surface area contributed by atoms with Crippen molar-refractivity contribution in [2.24, 2.45) is 0 Å². The van der Waals surface area contributed by atoms with Crippen LogP contribution in [-0.4, -0.2) is 58.1 Å². The first-order chi connectivity index (χ1) is 15.4. The van der Waals surface area contributed by atoms with E-state index in [4.69, 9.17) is 11.5 Å². The Morgan fingerprint density at radius 1 is 1.16 bits per heavy atom. The summed E-state index contributed by atoms with van der Waals surface area (Å²) in [7, 11) is 0. The van der Waals surface area contributed by atoms with Gasteiger partial charge in [-0.25, -0.2) is 14.8 Å². The number of urea groups is 1. The Bertz CT molecular complexity index is 988. The molecule has 2 aromatic heterocycles. The third-order valence-electron chi connectivity index (χ3n) is 5.53. The average Bonchev–Trinajstić information content (AvgIpc) is 2.79. The number of amides is 2. The molecule has 1 aliphatic heterocycles. The zero-order valence-electron chi connectivity index (χ0n) is 19.1. The summed E-state index contributed by atoms with van der Waals surface area (Å²) >= 11 is 0. The summed E-state index contributed by atoms with van der Waals surface area (Å²) in [5.74, 6) is 7.64. The van der Waals surface area contributed by atoms with Gasteiger partial charge in [-0.2, -0.15) is 4.98 Å². The molecule has 0 saturated carbocycles. The van der Waals surface area contributed by atoms with Gasteiger partial charge in [0.25, 0.3) is 0 Å². The molecule has 5 N–H and O–H groups in total. The highest BCUT2D eigenvalue weighted by Gasteiger charge is 2.25. The molecular formula is C23H32N8O. The van der Waals surface area contributed by atoms with E-state index < -0.39 is 0 Å². The van der Waals surface area contributed by atoms with E-state index in [0.29, 0.717) is 43.5 Å². The van der Waals surface area contributed by atoms with Crippen molar-refractivity contribution in [1.29, 1.82) is 0 Å². The molecule has 2 aromatic rings. The quantitative estimate of drug-likeness (QED) is 0.613. The lowest BCUT2D eigenvalue weighted by Crippen LogP contribution is -2.53. The number of carbonyl (C=O) groups is 1. The van der Waals surface area contributed by atoms with Gasteiger partial charge in [0.1, 0.15) is 11.6 Å². The van der Waals surface area contributed by atoms with E-state index in [1.807, 2.05) is 17.9 Å². The fourth-order valence-electron chi connectivity index (χ4n) is 3.68. The molecule has 3 rings (SSSR count). The molecular weight excluding hydrogens is 404 g/mol. The number of nitrogen functional groups attached to an aromatic ring is 2. The van der Waals surface area contributed by atoms with Crippen LogP contribution in [0, 0.1) is 18.8 Å². The summed E-state index contributed by atoms with van der Waals surface area (Å²) in [5.41, 5.74) is 13.8. The third kappa shape index (κ3) is 5.78. The van der Waals surface area contributed by atoms with Crippen LogP contribution in [0.5, 0.6) is 0 Å². The maximum absolute atomic E-state index is 12.7. The SMILES string of the molecule is CCCC(CC)NC(=O)N1CCN(c2nc(N)nc(C)c2C#Cc2ccc(N)nc2)CC1. The predicted molar refractivity (Wildman–Crippen MR) is 127 cm³/mol. The van der Waals surface area contributed by atoms with Crippen molar-refractivity contribution in [2.45, 2.75) is 46.1 Å². The molecule has 2 amide bonds. The molecule has 3 heterocycles. The Labute approximate surface area is 189 Å². The summed E-state index contributed by atoms with van der Waals surface area (Å²) in [4.78, 5) is 29.5. The topological polar surface area (TPSA) is 126 Å². The number of nitrogens with zero attached hydrogens (tertiary/aromatic N) is 5. The number of anilines is 3. The van der Waals surface area contributed by atoms with Crippen LogP contribution in [0.25, 0.3) is 0 Å². The highest BCUT2D eigenvalue weighted by molar-refractivity contribution is 5.75. The van der Waals surface area contributed by atoms with Crippen molar-refractivity contribution in [1.82, 2.24) is 25.2 Å². The van der Waals surface area contributed by atoms with Crippen LogP contribution in [0.1, 0.15) is 49.9 Å². The number of aryl methyl sites for hydroxylation is 1. The Balaban J connectivity index is 1.74. The van der Waals surface area contributed by atoms with Crippen LogP contribution in [0.2, 0.25) is 0 Å². The van der Waals surface area contributed by atoms with Crippen molar-refractivity contribution in [3.8, 4) is 11.8 Å². The number of nitrogens with two attached hydrogens (primary N) is 2. The van der Waals surface area contributed by atoms with E-state index in [2.05, 4.69) is 50.9 Å². The Hall–Kier alpha value is -3.54. The molecule has 1 fully saturated rings. The van der Waals surface area contributed by atoms with Gasteiger partial charge in [-0.1, -0.05) is 32.1 Å². The summed E-state index contributed by atoms with van der Waals surface area (Å²) in [6.07, 6.45) is 4.62. The molecule has 9 heteroatoms. The van der Waals surface area contributed by atoms with E-state index in [-0.39, 0.29) is 18.0 Å². The van der Waals surface area contributed by atoms with Crippen LogP contribution in [0.3, 0.4) is 0 Å². The summed E-state index contributed by atoms with van der Waals surface area (Å²) < 4.78 is 0. The molecule has 32 heavy (non-hydrogen) atoms. The first-order valence-corrected chi connectivity index (χ1v) is 11.1. The fraction of sp³-hybridized carbons (Fsp3) is 0.478. The van der Waals surface area contributed by atoms with Gasteiger partial charge < -0.3 is 26.6 Å². The highest BCUT2D eigenvalue weighted by Crippen LogP contribution is 2.22. The van der Waals surface area contributed by atoms with Crippen molar-refractivity contribution in [3.05, 3.63) is 35.2 Å². The van der Waals surface area contributed by atoms with Gasteiger partial charge in [-0.3, -0.25) is 0 Å². The average molecular weight is 437 g/mol. The number of piperazine rings is 1. The van der Waals surface area contributed by atoms with Crippen LogP contribution in [-0.2, 0) is 0 Å². The van der Waals surface area contributed by atoms with E-state index in [0.717, 1.165) is 30.4 Å². The normalized spacial score (nSPS) is 14.5. The second-order valence-electron chi connectivity index (χ2n) is 7.90. The molecule has 0 spiro atoms. The largest absolute Gasteiger partial charge is 0.384 e. The molecule has 1 atom stereocenters. The molecule has 1 saturated heterocycles. The van der Waals surface area contributed by atoms with Crippen LogP contribution in [0.4, 0.5) is 22.4 Å². The number of hydrogen-bond acceptors (Lipinski definition) is 7. The van der Waals surface area contributed by atoms with Crippen molar-refractivity contribution in [3.63, 3.8) is 0 Å². The molecule has 0 radical (unpaired) electrons. The van der Waals surface area contributed by atoms with E-state index in [1.54, 1.807) is 12.3 Å². The van der Waals surface area contributed by atoms with E-state index in [9.17, 15) is 4.79 Å². The predicted octanol–water partition coefficient (Wildman–Crippen LogP) is 2.15. The van der Waals surface area contributed by atoms with Crippen LogP contribution < -0.4 is 21.7 Å². The molecule has 9 nitrogen and oxygen atoms in total. The lowest BCUT2D eigenvalue weighted by atomic mass is 10.1. The maximum Gasteiger partial charge on any atom is 0.317 e. The first kappa shape index (κ1) is 23.1. The maximum atomic E-state index is 12.7. The standard InChI is InChI=1S/C23H32N8O/c1-4-6-18(5-2)28-23(32)31-13-11-30(12-14-31)21-19(16(3)27-22(25)29-21)9-7-17-8-10-20(24)26-15-17/h8,10,15,18H,4-6,11-14H2,1-3H3,(H2,24,26)(H,28,32)(H2,25,27,29). The molecule has 1 aliphatic rings. The molecule has 0 bridgehead atoms. The van der Waals surface area contributed by atoms with E-state index >= 15 is 0 Å². The van der Waals surface area contributed by atoms with Gasteiger partial charge in [-0.15, -0.1) is 0 Å². The van der Waals surface area contributed by atoms with Crippen LogP contribution >= 0.6 is 0 Å². The molecule has 170 valence electrons. The zero-order valence-corrected chi connectivity index (χ0v) is 19.1. The monoisotopic (exact) mass is 436 g/mol. The van der Waals surface area contributed by atoms with Crippen molar-refractivity contribution >= 4 is 23.6 Å². The number of rotatable bonds is 5. The summed E-state index contributed by atoms with van der Waals surface area (Å²) in [5, 5.41) is 3.15. The Morgan fingerprint density at radius 3 is 2.53 bits per heavy atom. The Morgan fingerprint density at radius 2 is 1.91 bits per heavy atom. The lowest BCUT2D eigenvalue weighted by Gasteiger charge is -2.36. The summed E-state index contributed by atoms with van der Waals surface area (Å²) in [6.45, 7) is 8.60. The van der Waals surface area contributed by atoms with Gasteiger partial charge in [0.15, 0.2) is 0 Å². The van der Waals surface area contributed by atoms with Gasteiger partial charge in [0, 0.05) is 44.0 Å². The summed E-state index contributed by atoms with van der Waals surface area (Å²) in [6, 6.07) is 3.76. The van der Waals surface area contributed by atoms with E-state index in [1.165, 1.54) is 0 Å². The zero-order chi connectivity index (χ0) is 23.1. The smallest absolute Gasteiger partial charge is 0.317 e.